The average molecular weight is 436 g/mol. The Morgan fingerprint density at radius 1 is 1.06 bits per heavy atom. The van der Waals surface area contributed by atoms with Crippen LogP contribution >= 0.6 is 0 Å². The van der Waals surface area contributed by atoms with E-state index in [1.54, 1.807) is 36.5 Å². The molecule has 1 atom stereocenters. The second kappa shape index (κ2) is 8.34. The minimum absolute atomic E-state index is 0.243. The van der Waals surface area contributed by atoms with Crippen LogP contribution in [-0.2, 0) is 5.41 Å². The first kappa shape index (κ1) is 22.8. The molecule has 166 valence electrons. The number of pyridine rings is 1. The summed E-state index contributed by atoms with van der Waals surface area (Å²) in [6.45, 7) is 2.25. The summed E-state index contributed by atoms with van der Waals surface area (Å²) < 4.78 is 61.1. The predicted octanol–water partition coefficient (Wildman–Crippen LogP) is 5.46. The molecule has 3 rings (SSSR count). The highest BCUT2D eigenvalue weighted by atomic mass is 19.4. The molecule has 1 aromatic heterocycles. The monoisotopic (exact) mass is 436 g/mol. The number of methoxy groups -OCH3 is 1. The molecular formula is C23H24F4N2O2. The Kier molecular flexibility index (Phi) is 6.14. The number of benzene rings is 2. The van der Waals surface area contributed by atoms with Crippen molar-refractivity contribution in [2.24, 2.45) is 0 Å². The molecule has 0 aliphatic carbocycles. The van der Waals surface area contributed by atoms with E-state index < -0.39 is 36.0 Å². The highest BCUT2D eigenvalue weighted by Gasteiger charge is 2.56. The lowest BCUT2D eigenvalue weighted by molar-refractivity contribution is -0.260. The molecule has 2 N–H and O–H groups in total. The first-order valence-corrected chi connectivity index (χ1v) is 9.68. The highest BCUT2D eigenvalue weighted by molar-refractivity contribution is 5.91. The van der Waals surface area contributed by atoms with E-state index in [0.29, 0.717) is 16.6 Å². The van der Waals surface area contributed by atoms with E-state index in [-0.39, 0.29) is 11.3 Å². The summed E-state index contributed by atoms with van der Waals surface area (Å²) in [4.78, 5) is 4.19. The minimum Gasteiger partial charge on any atom is -0.496 e. The van der Waals surface area contributed by atoms with Crippen LogP contribution in [0.15, 0.2) is 54.7 Å². The van der Waals surface area contributed by atoms with E-state index in [0.717, 1.165) is 6.07 Å². The van der Waals surface area contributed by atoms with Crippen LogP contribution in [0.2, 0.25) is 0 Å². The fourth-order valence-corrected chi connectivity index (χ4v) is 3.80. The highest BCUT2D eigenvalue weighted by Crippen LogP contribution is 2.44. The van der Waals surface area contributed by atoms with E-state index in [2.05, 4.69) is 10.3 Å². The first-order chi connectivity index (χ1) is 14.5. The molecule has 1 unspecified atom stereocenters. The van der Waals surface area contributed by atoms with Crippen molar-refractivity contribution >= 4 is 16.6 Å². The molecule has 0 fully saturated rings. The number of rotatable bonds is 7. The maximum absolute atomic E-state index is 14.0. The van der Waals surface area contributed by atoms with Crippen molar-refractivity contribution < 1.29 is 27.4 Å². The Labute approximate surface area is 177 Å². The molecule has 0 radical (unpaired) electrons. The number of anilines is 1. The van der Waals surface area contributed by atoms with Crippen molar-refractivity contribution in [2.75, 3.05) is 19.0 Å². The van der Waals surface area contributed by atoms with E-state index in [1.165, 1.54) is 33.1 Å². The van der Waals surface area contributed by atoms with Gasteiger partial charge < -0.3 is 15.2 Å². The SMILES string of the molecule is COc1ccc(F)cc1C(C)(C)CC(O)(CNc1cccc2ncccc12)C(F)(F)F. The summed E-state index contributed by atoms with van der Waals surface area (Å²) in [5, 5.41) is 14.1. The van der Waals surface area contributed by atoms with Gasteiger partial charge in [-0.2, -0.15) is 13.2 Å². The van der Waals surface area contributed by atoms with Gasteiger partial charge in [-0.3, -0.25) is 4.98 Å². The van der Waals surface area contributed by atoms with Crippen LogP contribution < -0.4 is 10.1 Å². The van der Waals surface area contributed by atoms with Crippen molar-refractivity contribution in [3.8, 4) is 5.75 Å². The van der Waals surface area contributed by atoms with Gasteiger partial charge in [0, 0.05) is 22.8 Å². The van der Waals surface area contributed by atoms with Gasteiger partial charge in [0.05, 0.1) is 19.2 Å². The predicted molar refractivity (Wildman–Crippen MR) is 112 cm³/mol. The van der Waals surface area contributed by atoms with Gasteiger partial charge in [-0.15, -0.1) is 0 Å². The van der Waals surface area contributed by atoms with Gasteiger partial charge in [-0.25, -0.2) is 4.39 Å². The molecule has 8 heteroatoms. The fraction of sp³-hybridized carbons (Fsp3) is 0.348. The summed E-state index contributed by atoms with van der Waals surface area (Å²) in [6.07, 6.45) is -4.05. The number of ether oxygens (including phenoxy) is 1. The second-order valence-electron chi connectivity index (χ2n) is 8.16. The Hall–Kier alpha value is -2.87. The van der Waals surface area contributed by atoms with Crippen molar-refractivity contribution in [3.63, 3.8) is 0 Å². The van der Waals surface area contributed by atoms with Gasteiger partial charge in [0.25, 0.3) is 0 Å². The summed E-state index contributed by atoms with van der Waals surface area (Å²) in [5.74, 6) is -0.343. The number of hydrogen-bond acceptors (Lipinski definition) is 4. The summed E-state index contributed by atoms with van der Waals surface area (Å²) in [6, 6.07) is 12.1. The molecule has 0 spiro atoms. The smallest absolute Gasteiger partial charge is 0.418 e. The molecule has 0 saturated heterocycles. The van der Waals surface area contributed by atoms with Crippen LogP contribution in [0.1, 0.15) is 25.8 Å². The zero-order valence-electron chi connectivity index (χ0n) is 17.4. The molecule has 31 heavy (non-hydrogen) atoms. The third-order valence-corrected chi connectivity index (χ3v) is 5.37. The Morgan fingerprint density at radius 2 is 1.81 bits per heavy atom. The summed E-state index contributed by atoms with van der Waals surface area (Å²) >= 11 is 0. The van der Waals surface area contributed by atoms with Crippen LogP contribution in [0.3, 0.4) is 0 Å². The number of nitrogens with one attached hydrogen (secondary N) is 1. The Balaban J connectivity index is 1.93. The van der Waals surface area contributed by atoms with Gasteiger partial charge in [-0.1, -0.05) is 19.9 Å². The normalized spacial score (nSPS) is 14.3. The van der Waals surface area contributed by atoms with Crippen LogP contribution in [0.4, 0.5) is 23.2 Å². The number of alkyl halides is 3. The summed E-state index contributed by atoms with van der Waals surface area (Å²) in [5.41, 5.74) is -3.05. The minimum atomic E-state index is -4.93. The third kappa shape index (κ3) is 4.74. The summed E-state index contributed by atoms with van der Waals surface area (Å²) in [7, 11) is 1.36. The largest absolute Gasteiger partial charge is 0.496 e. The lowest BCUT2D eigenvalue weighted by Crippen LogP contribution is -2.53. The number of fused-ring (bicyclic) bond motifs is 1. The molecule has 0 aliphatic heterocycles. The first-order valence-electron chi connectivity index (χ1n) is 9.68. The quantitative estimate of drug-likeness (QED) is 0.483. The maximum atomic E-state index is 14.0. The zero-order chi connectivity index (χ0) is 22.9. The number of aromatic nitrogens is 1. The lowest BCUT2D eigenvalue weighted by atomic mass is 9.74. The molecule has 0 saturated carbocycles. The lowest BCUT2D eigenvalue weighted by Gasteiger charge is -2.38. The second-order valence-corrected chi connectivity index (χ2v) is 8.16. The van der Waals surface area contributed by atoms with E-state index >= 15 is 0 Å². The molecule has 0 aliphatic rings. The van der Waals surface area contributed by atoms with Crippen molar-refractivity contribution in [3.05, 3.63) is 66.1 Å². The Morgan fingerprint density at radius 3 is 2.48 bits per heavy atom. The number of nitrogens with zero attached hydrogens (tertiary/aromatic N) is 1. The van der Waals surface area contributed by atoms with Gasteiger partial charge in [0.1, 0.15) is 11.6 Å². The molecule has 0 amide bonds. The number of halogens is 4. The number of aliphatic hydroxyl groups is 1. The standard InChI is InChI=1S/C23H24F4N2O2/c1-21(2,17-12-15(24)9-10-20(17)31-3)13-22(30,23(25,26)27)14-29-19-8-4-7-18-16(19)6-5-11-28-18/h4-12,29-30H,13-14H2,1-3H3. The molecule has 1 heterocycles. The van der Waals surface area contributed by atoms with Crippen LogP contribution in [0, 0.1) is 5.82 Å². The van der Waals surface area contributed by atoms with Gasteiger partial charge >= 0.3 is 6.18 Å². The average Bonchev–Trinajstić information content (AvgIpc) is 2.71. The van der Waals surface area contributed by atoms with Gasteiger partial charge in [0.15, 0.2) is 5.60 Å². The zero-order valence-corrected chi connectivity index (χ0v) is 17.4. The van der Waals surface area contributed by atoms with Gasteiger partial charge in [0.2, 0.25) is 0 Å². The van der Waals surface area contributed by atoms with Crippen molar-refractivity contribution in [1.29, 1.82) is 0 Å². The molecule has 4 nitrogen and oxygen atoms in total. The fourth-order valence-electron chi connectivity index (χ4n) is 3.80. The van der Waals surface area contributed by atoms with E-state index in [1.807, 2.05) is 0 Å². The molecule has 3 aromatic rings. The van der Waals surface area contributed by atoms with E-state index in [4.69, 9.17) is 4.74 Å². The van der Waals surface area contributed by atoms with Crippen LogP contribution in [0.5, 0.6) is 5.75 Å². The van der Waals surface area contributed by atoms with E-state index in [9.17, 15) is 22.7 Å². The molecular weight excluding hydrogens is 412 g/mol. The topological polar surface area (TPSA) is 54.4 Å². The van der Waals surface area contributed by atoms with Crippen molar-refractivity contribution in [2.45, 2.75) is 37.5 Å². The maximum Gasteiger partial charge on any atom is 0.418 e. The van der Waals surface area contributed by atoms with Gasteiger partial charge in [-0.05, 0) is 54.3 Å². The number of hydrogen-bond donors (Lipinski definition) is 2. The molecule has 2 aromatic carbocycles. The van der Waals surface area contributed by atoms with Crippen LogP contribution in [-0.4, -0.2) is 35.5 Å². The Bertz CT molecular complexity index is 1060. The molecule has 0 bridgehead atoms. The third-order valence-electron chi connectivity index (χ3n) is 5.37. The van der Waals surface area contributed by atoms with Crippen LogP contribution in [0.25, 0.3) is 10.9 Å². The van der Waals surface area contributed by atoms with Crippen molar-refractivity contribution in [1.82, 2.24) is 4.98 Å².